The lowest BCUT2D eigenvalue weighted by Gasteiger charge is -2.40. The number of carbonyl (C=O) groups is 5. The van der Waals surface area contributed by atoms with Crippen molar-refractivity contribution in [2.24, 2.45) is 5.92 Å². The lowest BCUT2D eigenvalue weighted by molar-refractivity contribution is -0.433. The Labute approximate surface area is 244 Å². The minimum absolute atomic E-state index is 0.127. The van der Waals surface area contributed by atoms with Crippen LogP contribution in [0.4, 0.5) is 5.69 Å². The van der Waals surface area contributed by atoms with Gasteiger partial charge in [0.1, 0.15) is 12.6 Å². The number of hydrogen-bond donors (Lipinski definition) is 1. The van der Waals surface area contributed by atoms with Gasteiger partial charge in [-0.3, -0.25) is 33.8 Å². The summed E-state index contributed by atoms with van der Waals surface area (Å²) in [7, 11) is 0. The molecule has 42 heavy (non-hydrogen) atoms. The molecular formula is C33H35N4O5+. The van der Waals surface area contributed by atoms with Gasteiger partial charge in [-0.15, -0.1) is 0 Å². The second kappa shape index (κ2) is 10.5. The van der Waals surface area contributed by atoms with Gasteiger partial charge in [0.2, 0.25) is 11.6 Å². The SMILES string of the molecule is CC[N+]1=C(C=C2C(=O)C(N3CCC(C(=O)NCCN4C(=O)C=CC4=O)CC3)C2=O)C(C)(C)c2c1ccc1ccccc21. The lowest BCUT2D eigenvalue weighted by atomic mass is 9.75. The fraction of sp³-hybridized carbons (Fsp3) is 0.394. The number of ketones is 2. The van der Waals surface area contributed by atoms with Gasteiger partial charge >= 0.3 is 0 Å². The van der Waals surface area contributed by atoms with Crippen molar-refractivity contribution in [1.29, 1.82) is 0 Å². The van der Waals surface area contributed by atoms with Crippen LogP contribution in [0.25, 0.3) is 10.8 Å². The Balaban J connectivity index is 1.10. The summed E-state index contributed by atoms with van der Waals surface area (Å²) in [5.74, 6) is -1.44. The smallest absolute Gasteiger partial charge is 0.253 e. The van der Waals surface area contributed by atoms with Gasteiger partial charge in [0.05, 0.1) is 11.0 Å². The number of rotatable bonds is 7. The van der Waals surface area contributed by atoms with Gasteiger partial charge in [-0.2, -0.15) is 4.58 Å². The van der Waals surface area contributed by atoms with Crippen molar-refractivity contribution in [1.82, 2.24) is 15.1 Å². The van der Waals surface area contributed by atoms with Gasteiger partial charge in [-0.05, 0) is 50.5 Å². The van der Waals surface area contributed by atoms with Crippen molar-refractivity contribution < 1.29 is 28.5 Å². The van der Waals surface area contributed by atoms with E-state index in [4.69, 9.17) is 0 Å². The third-order valence-corrected chi connectivity index (χ3v) is 9.18. The minimum Gasteiger partial charge on any atom is -0.354 e. The average molecular weight is 568 g/mol. The molecule has 3 aliphatic heterocycles. The van der Waals surface area contributed by atoms with Gasteiger partial charge in [0.25, 0.3) is 11.8 Å². The fourth-order valence-corrected chi connectivity index (χ4v) is 6.91. The third-order valence-electron chi connectivity index (χ3n) is 9.18. The predicted molar refractivity (Wildman–Crippen MR) is 157 cm³/mol. The first-order valence-electron chi connectivity index (χ1n) is 14.7. The molecule has 216 valence electrons. The maximum absolute atomic E-state index is 13.4. The number of piperidine rings is 1. The van der Waals surface area contributed by atoms with Gasteiger partial charge in [-0.25, -0.2) is 0 Å². The highest BCUT2D eigenvalue weighted by molar-refractivity contribution is 6.43. The van der Waals surface area contributed by atoms with Crippen LogP contribution in [-0.4, -0.2) is 88.1 Å². The standard InChI is InChI=1S/C33H34N4O5/c1-4-36-24-10-9-20-7-5-6-8-22(20)28(24)33(2,3)25(36)19-23-30(40)29(31(23)41)35-16-13-21(14-17-35)32(42)34-15-18-37-26(38)11-12-27(37)39/h5-12,19,21,29H,4,13-18H2,1-3H3/p+1. The number of likely N-dealkylation sites (tertiary alicyclic amines) is 1. The number of fused-ring (bicyclic) bond motifs is 3. The second-order valence-corrected chi connectivity index (χ2v) is 11.9. The first kappa shape index (κ1) is 27.9. The molecule has 0 unspecified atom stereocenters. The van der Waals surface area contributed by atoms with Gasteiger partial charge in [0.15, 0.2) is 17.3 Å². The first-order valence-corrected chi connectivity index (χ1v) is 14.7. The average Bonchev–Trinajstić information content (AvgIpc) is 3.42. The Morgan fingerprint density at radius 3 is 2.33 bits per heavy atom. The molecule has 1 saturated heterocycles. The zero-order chi connectivity index (χ0) is 29.8. The van der Waals surface area contributed by atoms with E-state index in [1.54, 1.807) is 0 Å². The Morgan fingerprint density at radius 2 is 1.67 bits per heavy atom. The van der Waals surface area contributed by atoms with Gasteiger partial charge in [0, 0.05) is 62.0 Å². The molecule has 2 aromatic carbocycles. The number of allylic oxidation sites excluding steroid dienone is 1. The molecule has 4 aliphatic rings. The summed E-state index contributed by atoms with van der Waals surface area (Å²) in [4.78, 5) is 65.8. The molecule has 1 aliphatic carbocycles. The number of imide groups is 1. The number of benzene rings is 2. The third kappa shape index (κ3) is 4.43. The van der Waals surface area contributed by atoms with Crippen LogP contribution in [0.15, 0.2) is 60.2 Å². The van der Waals surface area contributed by atoms with Crippen molar-refractivity contribution in [3.8, 4) is 0 Å². The van der Waals surface area contributed by atoms with Crippen LogP contribution in [0.1, 0.15) is 39.2 Å². The highest BCUT2D eigenvalue weighted by atomic mass is 16.2. The van der Waals surface area contributed by atoms with Crippen LogP contribution < -0.4 is 5.32 Å². The second-order valence-electron chi connectivity index (χ2n) is 11.9. The van der Waals surface area contributed by atoms with E-state index >= 15 is 0 Å². The summed E-state index contributed by atoms with van der Waals surface area (Å²) >= 11 is 0. The highest BCUT2D eigenvalue weighted by Gasteiger charge is 2.52. The Kier molecular flexibility index (Phi) is 7.01. The van der Waals surface area contributed by atoms with E-state index in [-0.39, 0.29) is 59.3 Å². The van der Waals surface area contributed by atoms with E-state index in [0.717, 1.165) is 28.2 Å². The van der Waals surface area contributed by atoms with Crippen LogP contribution >= 0.6 is 0 Å². The van der Waals surface area contributed by atoms with E-state index in [0.29, 0.717) is 25.9 Å². The molecule has 1 saturated carbocycles. The Hall–Kier alpha value is -4.24. The minimum atomic E-state index is -0.789. The molecule has 2 aromatic rings. The van der Waals surface area contributed by atoms with Crippen LogP contribution in [-0.2, 0) is 29.4 Å². The summed E-state index contributed by atoms with van der Waals surface area (Å²) < 4.78 is 2.21. The van der Waals surface area contributed by atoms with E-state index in [9.17, 15) is 24.0 Å². The summed E-state index contributed by atoms with van der Waals surface area (Å²) in [6, 6.07) is 11.8. The Morgan fingerprint density at radius 1 is 1.00 bits per heavy atom. The zero-order valence-corrected chi connectivity index (χ0v) is 24.2. The number of carbonyl (C=O) groups excluding carboxylic acids is 5. The topological polar surface area (TPSA) is 107 Å². The van der Waals surface area contributed by atoms with Crippen molar-refractivity contribution in [3.05, 3.63) is 65.8 Å². The molecule has 9 nitrogen and oxygen atoms in total. The molecule has 0 aromatic heterocycles. The molecule has 6 rings (SSSR count). The van der Waals surface area contributed by atoms with Gasteiger partial charge < -0.3 is 5.32 Å². The van der Waals surface area contributed by atoms with Gasteiger partial charge in [-0.1, -0.05) is 24.3 Å². The monoisotopic (exact) mass is 567 g/mol. The molecule has 0 radical (unpaired) electrons. The van der Waals surface area contributed by atoms with E-state index < -0.39 is 6.04 Å². The maximum atomic E-state index is 13.4. The summed E-state index contributed by atoms with van der Waals surface area (Å²) in [5.41, 5.74) is 3.14. The van der Waals surface area contributed by atoms with E-state index in [2.05, 4.69) is 54.9 Å². The van der Waals surface area contributed by atoms with Crippen molar-refractivity contribution in [2.45, 2.75) is 45.1 Å². The number of Topliss-reactive ketones (excluding diaryl/α,β-unsaturated/α-hetero) is 2. The quantitative estimate of drug-likeness (QED) is 0.181. The summed E-state index contributed by atoms with van der Waals surface area (Å²) in [6.07, 6.45) is 5.31. The van der Waals surface area contributed by atoms with Crippen molar-refractivity contribution >= 4 is 51.5 Å². The Bertz CT molecular complexity index is 1600. The largest absolute Gasteiger partial charge is 0.354 e. The molecule has 1 N–H and O–H groups in total. The number of nitrogens with one attached hydrogen (secondary N) is 1. The first-order chi connectivity index (χ1) is 20.1. The molecule has 3 heterocycles. The van der Waals surface area contributed by atoms with Crippen LogP contribution in [0.2, 0.25) is 0 Å². The molecule has 2 fully saturated rings. The maximum Gasteiger partial charge on any atom is 0.253 e. The molecule has 0 bridgehead atoms. The molecule has 3 amide bonds. The fourth-order valence-electron chi connectivity index (χ4n) is 6.91. The van der Waals surface area contributed by atoms with Crippen molar-refractivity contribution in [2.75, 3.05) is 32.7 Å². The predicted octanol–water partition coefficient (Wildman–Crippen LogP) is 2.44. The number of hydrogen-bond acceptors (Lipinski definition) is 6. The normalized spacial score (nSPS) is 22.3. The van der Waals surface area contributed by atoms with E-state index in [1.807, 2.05) is 23.1 Å². The number of nitrogens with zero attached hydrogens (tertiary/aromatic N) is 3. The zero-order valence-electron chi connectivity index (χ0n) is 24.2. The highest BCUT2D eigenvalue weighted by Crippen LogP contribution is 2.44. The summed E-state index contributed by atoms with van der Waals surface area (Å²) in [6.45, 7) is 8.36. The molecule has 9 heteroatoms. The number of amides is 3. The van der Waals surface area contributed by atoms with Crippen molar-refractivity contribution in [3.63, 3.8) is 0 Å². The van der Waals surface area contributed by atoms with Crippen LogP contribution in [0, 0.1) is 5.92 Å². The van der Waals surface area contributed by atoms with Crippen LogP contribution in [0.3, 0.4) is 0 Å². The van der Waals surface area contributed by atoms with E-state index in [1.165, 1.54) is 23.1 Å². The molecular weight excluding hydrogens is 532 g/mol. The van der Waals surface area contributed by atoms with Crippen LogP contribution in [0.5, 0.6) is 0 Å². The lowest BCUT2D eigenvalue weighted by Crippen LogP contribution is -2.59. The molecule has 0 atom stereocenters. The molecule has 0 spiro atoms. The summed E-state index contributed by atoms with van der Waals surface area (Å²) in [5, 5.41) is 5.15.